The zero-order valence-electron chi connectivity index (χ0n) is 19.5. The number of hydrogen-bond acceptors (Lipinski definition) is 6. The predicted octanol–water partition coefficient (Wildman–Crippen LogP) is 4.90. The summed E-state index contributed by atoms with van der Waals surface area (Å²) in [5, 5.41) is 19.3. The Kier molecular flexibility index (Phi) is 8.67. The predicted molar refractivity (Wildman–Crippen MR) is 133 cm³/mol. The van der Waals surface area contributed by atoms with Crippen LogP contribution < -0.4 is 15.5 Å². The Morgan fingerprint density at radius 2 is 1.82 bits per heavy atom. The fourth-order valence-corrected chi connectivity index (χ4v) is 3.72. The Labute approximate surface area is 203 Å². The topological polar surface area (TPSA) is 108 Å². The molecule has 3 aromatic rings. The molecule has 0 saturated carbocycles. The van der Waals surface area contributed by atoms with Gasteiger partial charge in [0.15, 0.2) is 11.5 Å². The van der Waals surface area contributed by atoms with Gasteiger partial charge in [-0.1, -0.05) is 35.8 Å². The van der Waals surface area contributed by atoms with Crippen molar-refractivity contribution >= 4 is 34.9 Å². The fourth-order valence-electron chi connectivity index (χ4n) is 3.42. The summed E-state index contributed by atoms with van der Waals surface area (Å²) >= 11 is 6.47. The average Bonchev–Trinajstić information content (AvgIpc) is 3.32. The second-order valence-corrected chi connectivity index (χ2v) is 8.34. The van der Waals surface area contributed by atoms with Gasteiger partial charge >= 0.3 is 5.97 Å². The highest BCUT2D eigenvalue weighted by molar-refractivity contribution is 6.33. The summed E-state index contributed by atoms with van der Waals surface area (Å²) in [4.78, 5) is 25.6. The van der Waals surface area contributed by atoms with E-state index < -0.39 is 11.9 Å². The summed E-state index contributed by atoms with van der Waals surface area (Å²) < 4.78 is 5.38. The molecule has 1 amide bonds. The minimum atomic E-state index is -0.832. The third kappa shape index (κ3) is 6.36. The highest BCUT2D eigenvalue weighted by atomic mass is 35.5. The SMILES string of the molecule is CCN(CC)c1ccc(-c2cc(C(=O)Nc3ccc(CNCC(C)C(=O)O)cc3)no2)cc1Cl. The van der Waals surface area contributed by atoms with Gasteiger partial charge in [0.25, 0.3) is 5.91 Å². The van der Waals surface area contributed by atoms with Crippen LogP contribution in [0.5, 0.6) is 0 Å². The number of carboxylic acids is 1. The number of rotatable bonds is 11. The Hall–Kier alpha value is -3.36. The van der Waals surface area contributed by atoms with Crippen LogP contribution in [0.15, 0.2) is 53.1 Å². The van der Waals surface area contributed by atoms with Crippen LogP contribution in [-0.2, 0) is 11.3 Å². The molecule has 180 valence electrons. The number of carbonyl (C=O) groups excluding carboxylic acids is 1. The molecule has 0 aliphatic carbocycles. The van der Waals surface area contributed by atoms with Gasteiger partial charge in [-0.2, -0.15) is 0 Å². The monoisotopic (exact) mass is 484 g/mol. The van der Waals surface area contributed by atoms with Crippen LogP contribution in [0.1, 0.15) is 36.8 Å². The quantitative estimate of drug-likeness (QED) is 0.355. The summed E-state index contributed by atoms with van der Waals surface area (Å²) in [6.07, 6.45) is 0. The number of hydrogen-bond donors (Lipinski definition) is 3. The number of aromatic nitrogens is 1. The molecule has 0 fully saturated rings. The molecule has 0 aliphatic rings. The van der Waals surface area contributed by atoms with Crippen molar-refractivity contribution in [2.75, 3.05) is 29.9 Å². The molecule has 3 N–H and O–H groups in total. The molecule has 0 radical (unpaired) electrons. The summed E-state index contributed by atoms with van der Waals surface area (Å²) in [6, 6.07) is 14.5. The maximum Gasteiger partial charge on any atom is 0.307 e. The van der Waals surface area contributed by atoms with Crippen molar-refractivity contribution < 1.29 is 19.2 Å². The van der Waals surface area contributed by atoms with E-state index in [0.29, 0.717) is 29.6 Å². The van der Waals surface area contributed by atoms with E-state index in [1.165, 1.54) is 0 Å². The highest BCUT2D eigenvalue weighted by Gasteiger charge is 2.16. The Balaban J connectivity index is 1.60. The molecule has 2 aromatic carbocycles. The minimum Gasteiger partial charge on any atom is -0.481 e. The number of nitrogens with one attached hydrogen (secondary N) is 2. The van der Waals surface area contributed by atoms with Crippen molar-refractivity contribution in [2.45, 2.75) is 27.3 Å². The smallest absolute Gasteiger partial charge is 0.307 e. The van der Waals surface area contributed by atoms with Crippen LogP contribution in [-0.4, -0.2) is 41.8 Å². The van der Waals surface area contributed by atoms with E-state index in [1.807, 2.05) is 24.3 Å². The van der Waals surface area contributed by atoms with Crippen molar-refractivity contribution in [3.8, 4) is 11.3 Å². The van der Waals surface area contributed by atoms with Crippen molar-refractivity contribution in [3.63, 3.8) is 0 Å². The fraction of sp³-hybridized carbons (Fsp3) is 0.320. The number of nitrogens with zero attached hydrogens (tertiary/aromatic N) is 2. The first-order chi connectivity index (χ1) is 16.3. The number of carbonyl (C=O) groups is 2. The minimum absolute atomic E-state index is 0.160. The normalized spacial score (nSPS) is 11.8. The van der Waals surface area contributed by atoms with Gasteiger partial charge in [0, 0.05) is 43.5 Å². The van der Waals surface area contributed by atoms with E-state index >= 15 is 0 Å². The molecule has 0 spiro atoms. The largest absolute Gasteiger partial charge is 0.481 e. The molecule has 1 heterocycles. The van der Waals surface area contributed by atoms with E-state index in [-0.39, 0.29) is 11.6 Å². The number of halogens is 1. The first-order valence-electron chi connectivity index (χ1n) is 11.2. The number of anilines is 2. The van der Waals surface area contributed by atoms with Crippen molar-refractivity contribution in [1.29, 1.82) is 0 Å². The van der Waals surface area contributed by atoms with Crippen LogP contribution in [0.25, 0.3) is 11.3 Å². The summed E-state index contributed by atoms with van der Waals surface area (Å²) in [5.74, 6) is -1.22. The number of aliphatic carboxylic acids is 1. The average molecular weight is 485 g/mol. The Morgan fingerprint density at radius 3 is 2.44 bits per heavy atom. The Morgan fingerprint density at radius 1 is 1.12 bits per heavy atom. The molecule has 0 aliphatic heterocycles. The van der Waals surface area contributed by atoms with Gasteiger partial charge in [0.05, 0.1) is 16.6 Å². The highest BCUT2D eigenvalue weighted by Crippen LogP contribution is 2.31. The molecule has 1 atom stereocenters. The molecule has 1 aromatic heterocycles. The molecule has 9 heteroatoms. The summed E-state index contributed by atoms with van der Waals surface area (Å²) in [6.45, 7) is 8.41. The number of carboxylic acid groups (broad SMARTS) is 1. The lowest BCUT2D eigenvalue weighted by molar-refractivity contribution is -0.140. The molecule has 3 rings (SSSR count). The summed E-state index contributed by atoms with van der Waals surface area (Å²) in [5.41, 5.74) is 3.44. The van der Waals surface area contributed by atoms with Gasteiger partial charge in [-0.3, -0.25) is 9.59 Å². The van der Waals surface area contributed by atoms with Crippen LogP contribution in [0.2, 0.25) is 5.02 Å². The number of benzene rings is 2. The first-order valence-corrected chi connectivity index (χ1v) is 11.6. The van der Waals surface area contributed by atoms with Crippen LogP contribution in [0.4, 0.5) is 11.4 Å². The van der Waals surface area contributed by atoms with Gasteiger partial charge in [-0.15, -0.1) is 0 Å². The lowest BCUT2D eigenvalue weighted by Gasteiger charge is -2.22. The molecular weight excluding hydrogens is 456 g/mol. The third-order valence-corrected chi connectivity index (χ3v) is 5.79. The maximum atomic E-state index is 12.6. The molecule has 0 saturated heterocycles. The van der Waals surface area contributed by atoms with Crippen molar-refractivity contribution in [3.05, 3.63) is 64.8 Å². The van der Waals surface area contributed by atoms with E-state index in [0.717, 1.165) is 29.9 Å². The van der Waals surface area contributed by atoms with Crippen molar-refractivity contribution in [2.24, 2.45) is 5.92 Å². The standard InChI is InChI=1S/C25H29ClN4O4/c1-4-30(5-2)22-11-8-18(12-20(22)26)23-13-21(29-34-23)24(31)28-19-9-6-17(7-10-19)15-27-14-16(3)25(32)33/h6-13,16,27H,4-5,14-15H2,1-3H3,(H,28,31)(H,32,33). The first kappa shape index (κ1) is 25.3. The van der Waals surface area contributed by atoms with E-state index in [1.54, 1.807) is 31.2 Å². The van der Waals surface area contributed by atoms with E-state index in [9.17, 15) is 9.59 Å². The second-order valence-electron chi connectivity index (χ2n) is 7.94. The lowest BCUT2D eigenvalue weighted by atomic mass is 10.1. The van der Waals surface area contributed by atoms with E-state index in [2.05, 4.69) is 34.5 Å². The maximum absolute atomic E-state index is 12.6. The molecule has 1 unspecified atom stereocenters. The third-order valence-electron chi connectivity index (χ3n) is 5.49. The molecule has 8 nitrogen and oxygen atoms in total. The van der Waals surface area contributed by atoms with Crippen LogP contribution in [0, 0.1) is 5.92 Å². The van der Waals surface area contributed by atoms with Crippen LogP contribution >= 0.6 is 11.6 Å². The molecule has 0 bridgehead atoms. The zero-order chi connectivity index (χ0) is 24.7. The van der Waals surface area contributed by atoms with Gasteiger partial charge < -0.3 is 25.2 Å². The zero-order valence-corrected chi connectivity index (χ0v) is 20.2. The molecule has 34 heavy (non-hydrogen) atoms. The van der Waals surface area contributed by atoms with Crippen LogP contribution in [0.3, 0.4) is 0 Å². The Bertz CT molecular complexity index is 1130. The van der Waals surface area contributed by atoms with Gasteiger partial charge in [-0.05, 0) is 49.7 Å². The summed E-state index contributed by atoms with van der Waals surface area (Å²) in [7, 11) is 0. The van der Waals surface area contributed by atoms with Crippen molar-refractivity contribution in [1.82, 2.24) is 10.5 Å². The number of amides is 1. The van der Waals surface area contributed by atoms with E-state index in [4.69, 9.17) is 21.2 Å². The van der Waals surface area contributed by atoms with Gasteiger partial charge in [0.2, 0.25) is 0 Å². The van der Waals surface area contributed by atoms with Gasteiger partial charge in [-0.25, -0.2) is 0 Å². The molecular formula is C25H29ClN4O4. The van der Waals surface area contributed by atoms with Gasteiger partial charge in [0.1, 0.15) is 0 Å². The lowest BCUT2D eigenvalue weighted by Crippen LogP contribution is -2.25. The second kappa shape index (κ2) is 11.7.